The van der Waals surface area contributed by atoms with Gasteiger partial charge in [-0.2, -0.15) is 0 Å². The van der Waals surface area contributed by atoms with Gasteiger partial charge in [-0.05, 0) is 46.6 Å². The third-order valence-corrected chi connectivity index (χ3v) is 3.88. The maximum absolute atomic E-state index is 12.0. The number of hydrogen-bond acceptors (Lipinski definition) is 2. The number of nitrogens with one attached hydrogen (secondary N) is 1. The first kappa shape index (κ1) is 14.3. The van der Waals surface area contributed by atoms with Gasteiger partial charge in [-0.1, -0.05) is 12.1 Å². The fourth-order valence-electron chi connectivity index (χ4n) is 1.83. The molecule has 104 valence electrons. The van der Waals surface area contributed by atoms with Gasteiger partial charge in [-0.15, -0.1) is 0 Å². The van der Waals surface area contributed by atoms with Gasteiger partial charge in [0.05, 0.1) is 5.69 Å². The molecule has 0 unspecified atom stereocenters. The summed E-state index contributed by atoms with van der Waals surface area (Å²) >= 11 is 3.41. The van der Waals surface area contributed by atoms with Gasteiger partial charge in [0.15, 0.2) is 0 Å². The van der Waals surface area contributed by atoms with Crippen LogP contribution in [0, 0.1) is 6.92 Å². The lowest BCUT2D eigenvalue weighted by Crippen LogP contribution is -2.21. The standard InChI is InChI=1S/C14H13BrN2O3/c1-9-4-2-5-10(13(9)15)16-12(18)8-17-7-3-6-11(17)14(19)20/h2-7H,8H2,1H3,(H,16,18)(H,19,20). The fourth-order valence-corrected chi connectivity index (χ4v) is 2.20. The zero-order valence-corrected chi connectivity index (χ0v) is 12.3. The van der Waals surface area contributed by atoms with E-state index >= 15 is 0 Å². The quantitative estimate of drug-likeness (QED) is 0.901. The van der Waals surface area contributed by atoms with Crippen molar-refractivity contribution in [2.75, 3.05) is 5.32 Å². The molecular formula is C14H13BrN2O3. The molecule has 1 heterocycles. The molecule has 1 aromatic carbocycles. The Morgan fingerprint density at radius 3 is 2.75 bits per heavy atom. The molecule has 0 aliphatic carbocycles. The van der Waals surface area contributed by atoms with Gasteiger partial charge in [-0.25, -0.2) is 4.79 Å². The second-order valence-corrected chi connectivity index (χ2v) is 5.10. The molecule has 0 bridgehead atoms. The highest BCUT2D eigenvalue weighted by atomic mass is 79.9. The number of carbonyl (C=O) groups excluding carboxylic acids is 1. The summed E-state index contributed by atoms with van der Waals surface area (Å²) in [5.74, 6) is -1.34. The van der Waals surface area contributed by atoms with Gasteiger partial charge >= 0.3 is 5.97 Å². The zero-order chi connectivity index (χ0) is 14.7. The topological polar surface area (TPSA) is 71.3 Å². The van der Waals surface area contributed by atoms with Crippen LogP contribution in [0.15, 0.2) is 41.0 Å². The molecule has 1 amide bonds. The van der Waals surface area contributed by atoms with Crippen LogP contribution in [0.3, 0.4) is 0 Å². The summed E-state index contributed by atoms with van der Waals surface area (Å²) in [5, 5.41) is 11.7. The molecule has 0 aliphatic heterocycles. The van der Waals surface area contributed by atoms with Crippen molar-refractivity contribution in [1.82, 2.24) is 4.57 Å². The normalized spacial score (nSPS) is 10.3. The Hall–Kier alpha value is -2.08. The summed E-state index contributed by atoms with van der Waals surface area (Å²) in [4.78, 5) is 22.9. The molecule has 20 heavy (non-hydrogen) atoms. The van der Waals surface area contributed by atoms with Crippen LogP contribution >= 0.6 is 15.9 Å². The molecule has 0 spiro atoms. The molecule has 2 N–H and O–H groups in total. The number of anilines is 1. The largest absolute Gasteiger partial charge is 0.477 e. The number of nitrogens with zero attached hydrogens (tertiary/aromatic N) is 1. The lowest BCUT2D eigenvalue weighted by atomic mass is 10.2. The van der Waals surface area contributed by atoms with Crippen molar-refractivity contribution in [2.24, 2.45) is 0 Å². The smallest absolute Gasteiger partial charge is 0.352 e. The number of carboxylic acid groups (broad SMARTS) is 1. The van der Waals surface area contributed by atoms with E-state index < -0.39 is 5.97 Å². The number of hydrogen-bond donors (Lipinski definition) is 2. The molecule has 1 aromatic heterocycles. The average molecular weight is 337 g/mol. The highest BCUT2D eigenvalue weighted by molar-refractivity contribution is 9.10. The molecule has 5 nitrogen and oxygen atoms in total. The number of aromatic nitrogens is 1. The van der Waals surface area contributed by atoms with Crippen LogP contribution in [0.25, 0.3) is 0 Å². The van der Waals surface area contributed by atoms with Crippen molar-refractivity contribution in [3.8, 4) is 0 Å². The van der Waals surface area contributed by atoms with Crippen LogP contribution < -0.4 is 5.32 Å². The van der Waals surface area contributed by atoms with Crippen molar-refractivity contribution in [1.29, 1.82) is 0 Å². The van der Waals surface area contributed by atoms with Gasteiger partial charge in [0, 0.05) is 10.7 Å². The number of aryl methyl sites for hydroxylation is 1. The fraction of sp³-hybridized carbons (Fsp3) is 0.143. The van der Waals surface area contributed by atoms with E-state index in [-0.39, 0.29) is 18.1 Å². The predicted molar refractivity (Wildman–Crippen MR) is 78.9 cm³/mol. The van der Waals surface area contributed by atoms with Crippen LogP contribution in [-0.4, -0.2) is 21.6 Å². The van der Waals surface area contributed by atoms with Gasteiger partial charge in [0.2, 0.25) is 5.91 Å². The number of halogens is 1. The van der Waals surface area contributed by atoms with E-state index in [9.17, 15) is 9.59 Å². The number of rotatable bonds is 4. The second kappa shape index (κ2) is 5.92. The van der Waals surface area contributed by atoms with E-state index in [1.165, 1.54) is 10.6 Å². The Labute approximate surface area is 124 Å². The Balaban J connectivity index is 2.11. The first-order valence-corrected chi connectivity index (χ1v) is 6.71. The molecule has 0 saturated carbocycles. The predicted octanol–water partition coefficient (Wildman–Crippen LogP) is 2.90. The molecular weight excluding hydrogens is 324 g/mol. The highest BCUT2D eigenvalue weighted by Gasteiger charge is 2.12. The maximum Gasteiger partial charge on any atom is 0.352 e. The van der Waals surface area contributed by atoms with Gasteiger partial charge in [0.25, 0.3) is 0 Å². The lowest BCUT2D eigenvalue weighted by Gasteiger charge is -2.10. The van der Waals surface area contributed by atoms with Crippen LogP contribution in [-0.2, 0) is 11.3 Å². The maximum atomic E-state index is 12.0. The van der Waals surface area contributed by atoms with E-state index in [0.29, 0.717) is 5.69 Å². The number of carbonyl (C=O) groups is 2. The number of carboxylic acids is 1. The number of aromatic carboxylic acids is 1. The first-order valence-electron chi connectivity index (χ1n) is 5.92. The van der Waals surface area contributed by atoms with Gasteiger partial charge in [0.1, 0.15) is 12.2 Å². The summed E-state index contributed by atoms with van der Waals surface area (Å²) in [6.07, 6.45) is 1.56. The molecule has 6 heteroatoms. The molecule has 0 radical (unpaired) electrons. The van der Waals surface area contributed by atoms with E-state index in [1.807, 2.05) is 19.1 Å². The summed E-state index contributed by atoms with van der Waals surface area (Å²) in [7, 11) is 0. The van der Waals surface area contributed by atoms with E-state index in [4.69, 9.17) is 5.11 Å². The lowest BCUT2D eigenvalue weighted by molar-refractivity contribution is -0.116. The van der Waals surface area contributed by atoms with Crippen LogP contribution in [0.1, 0.15) is 16.1 Å². The van der Waals surface area contributed by atoms with Crippen LogP contribution in [0.4, 0.5) is 5.69 Å². The SMILES string of the molecule is Cc1cccc(NC(=O)Cn2cccc2C(=O)O)c1Br. The van der Waals surface area contributed by atoms with Crippen LogP contribution in [0.5, 0.6) is 0 Å². The Morgan fingerprint density at radius 2 is 2.05 bits per heavy atom. The van der Waals surface area contributed by atoms with Crippen LogP contribution in [0.2, 0.25) is 0 Å². The Kier molecular flexibility index (Phi) is 4.24. The summed E-state index contributed by atoms with van der Waals surface area (Å²) in [5.41, 5.74) is 1.76. The zero-order valence-electron chi connectivity index (χ0n) is 10.8. The molecule has 0 atom stereocenters. The Morgan fingerprint density at radius 1 is 1.30 bits per heavy atom. The van der Waals surface area contributed by atoms with E-state index in [1.54, 1.807) is 18.3 Å². The van der Waals surface area contributed by atoms with Crippen molar-refractivity contribution in [3.63, 3.8) is 0 Å². The minimum absolute atomic E-state index is 0.0466. The second-order valence-electron chi connectivity index (χ2n) is 4.31. The molecule has 0 aliphatic rings. The monoisotopic (exact) mass is 336 g/mol. The Bertz CT molecular complexity index is 664. The van der Waals surface area contributed by atoms with Gasteiger partial charge in [-0.3, -0.25) is 4.79 Å². The third-order valence-electron chi connectivity index (χ3n) is 2.83. The third kappa shape index (κ3) is 3.08. The number of benzene rings is 1. The van der Waals surface area contributed by atoms with Crippen molar-refractivity contribution >= 4 is 33.5 Å². The molecule has 2 rings (SSSR count). The average Bonchev–Trinajstić information content (AvgIpc) is 2.83. The highest BCUT2D eigenvalue weighted by Crippen LogP contribution is 2.25. The summed E-state index contributed by atoms with van der Waals surface area (Å²) < 4.78 is 2.21. The molecule has 2 aromatic rings. The number of amides is 1. The molecule has 0 saturated heterocycles. The molecule has 0 fully saturated rings. The van der Waals surface area contributed by atoms with Crippen molar-refractivity contribution in [3.05, 3.63) is 52.3 Å². The summed E-state index contributed by atoms with van der Waals surface area (Å²) in [6.45, 7) is 1.88. The van der Waals surface area contributed by atoms with E-state index in [2.05, 4.69) is 21.2 Å². The van der Waals surface area contributed by atoms with E-state index in [0.717, 1.165) is 10.0 Å². The van der Waals surface area contributed by atoms with Crippen molar-refractivity contribution in [2.45, 2.75) is 13.5 Å². The van der Waals surface area contributed by atoms with Crippen molar-refractivity contribution < 1.29 is 14.7 Å². The minimum Gasteiger partial charge on any atom is -0.477 e. The minimum atomic E-state index is -1.06. The summed E-state index contributed by atoms with van der Waals surface area (Å²) in [6, 6.07) is 8.60. The first-order chi connectivity index (χ1) is 9.49. The van der Waals surface area contributed by atoms with Gasteiger partial charge < -0.3 is 15.0 Å².